The molecule has 1 heterocycles. The Morgan fingerprint density at radius 1 is 1.19 bits per heavy atom. The van der Waals surface area contributed by atoms with Crippen molar-refractivity contribution in [3.05, 3.63) is 47.3 Å². The van der Waals surface area contributed by atoms with Crippen LogP contribution in [-0.4, -0.2) is 31.6 Å². The van der Waals surface area contributed by atoms with Crippen molar-refractivity contribution < 1.29 is 17.7 Å². The van der Waals surface area contributed by atoms with Crippen LogP contribution in [0.3, 0.4) is 0 Å². The Bertz CT molecular complexity index is 827. The van der Waals surface area contributed by atoms with Gasteiger partial charge in [0, 0.05) is 6.04 Å². The molecule has 2 aromatic rings. The predicted octanol–water partition coefficient (Wildman–Crippen LogP) is 2.10. The van der Waals surface area contributed by atoms with Gasteiger partial charge < -0.3 is 9.84 Å². The lowest BCUT2D eigenvalue weighted by Gasteiger charge is -2.18. The van der Waals surface area contributed by atoms with Gasteiger partial charge in [-0.1, -0.05) is 35.5 Å². The number of amides is 1. The number of sulfonamides is 1. The van der Waals surface area contributed by atoms with E-state index < -0.39 is 16.1 Å². The largest absolute Gasteiger partial charge is 0.360 e. The van der Waals surface area contributed by atoms with Crippen LogP contribution in [-0.2, 0) is 21.2 Å². The van der Waals surface area contributed by atoms with Crippen molar-refractivity contribution in [3.8, 4) is 0 Å². The van der Waals surface area contributed by atoms with E-state index in [0.29, 0.717) is 0 Å². The van der Waals surface area contributed by atoms with Crippen LogP contribution in [0.2, 0.25) is 0 Å². The number of carbonyl (C=O) groups excluding carboxylic acids is 1. The average molecular weight is 379 g/mol. The van der Waals surface area contributed by atoms with E-state index in [9.17, 15) is 13.2 Å². The molecule has 0 bridgehead atoms. The third-order valence-electron chi connectivity index (χ3n) is 4.06. The molecule has 2 unspecified atom stereocenters. The second-order valence-corrected chi connectivity index (χ2v) is 8.08. The van der Waals surface area contributed by atoms with Gasteiger partial charge in [0.05, 0.1) is 6.04 Å². The molecule has 0 fully saturated rings. The number of carbonyl (C=O) groups is 1. The van der Waals surface area contributed by atoms with Gasteiger partial charge in [0.1, 0.15) is 10.6 Å². The van der Waals surface area contributed by atoms with E-state index in [2.05, 4.69) is 15.2 Å². The lowest BCUT2D eigenvalue weighted by atomic mass is 10.1. The van der Waals surface area contributed by atoms with Crippen molar-refractivity contribution in [1.82, 2.24) is 15.2 Å². The molecule has 0 aliphatic rings. The van der Waals surface area contributed by atoms with Crippen LogP contribution >= 0.6 is 0 Å². The van der Waals surface area contributed by atoms with E-state index in [1.54, 1.807) is 6.92 Å². The third kappa shape index (κ3) is 5.15. The number of aromatic nitrogens is 1. The Morgan fingerprint density at radius 2 is 1.85 bits per heavy atom. The summed E-state index contributed by atoms with van der Waals surface area (Å²) in [5.74, 6) is -0.181. The van der Waals surface area contributed by atoms with Crippen molar-refractivity contribution in [3.63, 3.8) is 0 Å². The number of nitrogens with one attached hydrogen (secondary N) is 2. The van der Waals surface area contributed by atoms with Crippen LogP contribution in [0.15, 0.2) is 39.8 Å². The molecular formula is C18H25N3O4S. The molecule has 0 radical (unpaired) electrons. The van der Waals surface area contributed by atoms with Crippen LogP contribution in [0.4, 0.5) is 0 Å². The van der Waals surface area contributed by atoms with Crippen LogP contribution in [0, 0.1) is 13.8 Å². The zero-order valence-electron chi connectivity index (χ0n) is 15.4. The molecular weight excluding hydrogens is 354 g/mol. The van der Waals surface area contributed by atoms with Crippen molar-refractivity contribution in [1.29, 1.82) is 0 Å². The first-order chi connectivity index (χ1) is 12.2. The highest BCUT2D eigenvalue weighted by molar-refractivity contribution is 7.89. The van der Waals surface area contributed by atoms with Crippen molar-refractivity contribution in [2.45, 2.75) is 57.5 Å². The second-order valence-electron chi connectivity index (χ2n) is 6.43. The number of hydrogen-bond donors (Lipinski definition) is 2. The fourth-order valence-corrected chi connectivity index (χ4v) is 4.20. The Hall–Kier alpha value is -2.19. The summed E-state index contributed by atoms with van der Waals surface area (Å²) in [7, 11) is -3.88. The highest BCUT2D eigenvalue weighted by Gasteiger charge is 2.28. The number of benzene rings is 1. The molecule has 2 atom stereocenters. The molecule has 26 heavy (non-hydrogen) atoms. The van der Waals surface area contributed by atoms with Gasteiger partial charge >= 0.3 is 0 Å². The van der Waals surface area contributed by atoms with Gasteiger partial charge in [0.15, 0.2) is 5.76 Å². The Kier molecular flexibility index (Phi) is 6.55. The van der Waals surface area contributed by atoms with Gasteiger partial charge in [-0.25, -0.2) is 8.42 Å². The quantitative estimate of drug-likeness (QED) is 0.731. The monoisotopic (exact) mass is 379 g/mol. The minimum atomic E-state index is -3.88. The van der Waals surface area contributed by atoms with E-state index in [1.165, 1.54) is 19.4 Å². The van der Waals surface area contributed by atoms with Gasteiger partial charge in [-0.15, -0.1) is 0 Å². The molecule has 1 amide bonds. The summed E-state index contributed by atoms with van der Waals surface area (Å²) in [5, 5.41) is 6.48. The van der Waals surface area contributed by atoms with Gasteiger partial charge in [-0.05, 0) is 46.1 Å². The predicted molar refractivity (Wildman–Crippen MR) is 98.1 cm³/mol. The summed E-state index contributed by atoms with van der Waals surface area (Å²) >= 11 is 0. The zero-order valence-corrected chi connectivity index (χ0v) is 16.3. The first-order valence-corrected chi connectivity index (χ1v) is 9.98. The van der Waals surface area contributed by atoms with E-state index in [0.717, 1.165) is 12.8 Å². The number of aryl methyl sites for hydroxylation is 3. The summed E-state index contributed by atoms with van der Waals surface area (Å²) in [5.41, 5.74) is 1.46. The Morgan fingerprint density at radius 3 is 2.42 bits per heavy atom. The van der Waals surface area contributed by atoms with Crippen LogP contribution in [0.5, 0.6) is 0 Å². The smallest absolute Gasteiger partial charge is 0.246 e. The highest BCUT2D eigenvalue weighted by Crippen LogP contribution is 2.18. The minimum Gasteiger partial charge on any atom is -0.360 e. The normalized spacial score (nSPS) is 14.0. The van der Waals surface area contributed by atoms with Crippen molar-refractivity contribution >= 4 is 15.9 Å². The molecule has 142 valence electrons. The second kappa shape index (κ2) is 8.46. The standard InChI is InChI=1S/C18H25N3O4S/c1-12(10-11-16-8-6-5-7-9-16)19-18(22)14(3)21-26(23,24)17-13(2)20-25-15(17)4/h5-9,12,14,21H,10-11H2,1-4H3,(H,19,22). The number of hydrogen-bond acceptors (Lipinski definition) is 5. The van der Waals surface area contributed by atoms with Crippen LogP contribution in [0.25, 0.3) is 0 Å². The molecule has 8 heteroatoms. The van der Waals surface area contributed by atoms with Crippen molar-refractivity contribution in [2.24, 2.45) is 0 Å². The molecule has 7 nitrogen and oxygen atoms in total. The highest BCUT2D eigenvalue weighted by atomic mass is 32.2. The van der Waals surface area contributed by atoms with E-state index >= 15 is 0 Å². The summed E-state index contributed by atoms with van der Waals surface area (Å²) in [6.07, 6.45) is 1.60. The van der Waals surface area contributed by atoms with Crippen LogP contribution in [0.1, 0.15) is 37.3 Å². The molecule has 0 aliphatic heterocycles. The molecule has 0 aliphatic carbocycles. The first-order valence-electron chi connectivity index (χ1n) is 8.50. The van der Waals surface area contributed by atoms with E-state index in [-0.39, 0.29) is 28.3 Å². The maximum atomic E-state index is 12.5. The Labute approximate surface area is 154 Å². The number of rotatable bonds is 8. The maximum absolute atomic E-state index is 12.5. The molecule has 0 spiro atoms. The van der Waals surface area contributed by atoms with Gasteiger partial charge in [-0.2, -0.15) is 4.72 Å². The third-order valence-corrected chi connectivity index (χ3v) is 5.84. The minimum absolute atomic E-state index is 0.0192. The van der Waals surface area contributed by atoms with Gasteiger partial charge in [0.2, 0.25) is 15.9 Å². The number of nitrogens with zero attached hydrogens (tertiary/aromatic N) is 1. The first kappa shape index (κ1) is 20.1. The van der Waals surface area contributed by atoms with Gasteiger partial charge in [0.25, 0.3) is 0 Å². The fraction of sp³-hybridized carbons (Fsp3) is 0.444. The fourth-order valence-electron chi connectivity index (χ4n) is 2.67. The molecule has 1 aromatic carbocycles. The molecule has 0 saturated carbocycles. The molecule has 2 rings (SSSR count). The summed E-state index contributed by atoms with van der Waals surface area (Å²) < 4.78 is 32.2. The summed E-state index contributed by atoms with van der Waals surface area (Å²) in [6.45, 7) is 6.47. The Balaban J connectivity index is 1.90. The molecule has 0 saturated heterocycles. The lowest BCUT2D eigenvalue weighted by molar-refractivity contribution is -0.123. The average Bonchev–Trinajstić information content (AvgIpc) is 2.93. The molecule has 2 N–H and O–H groups in total. The maximum Gasteiger partial charge on any atom is 0.246 e. The zero-order chi connectivity index (χ0) is 19.3. The van der Waals surface area contributed by atoms with Crippen LogP contribution < -0.4 is 10.0 Å². The SMILES string of the molecule is Cc1noc(C)c1S(=O)(=O)NC(C)C(=O)NC(C)CCc1ccccc1. The van der Waals surface area contributed by atoms with E-state index in [4.69, 9.17) is 4.52 Å². The van der Waals surface area contributed by atoms with Gasteiger partial charge in [-0.3, -0.25) is 4.79 Å². The van der Waals surface area contributed by atoms with E-state index in [1.807, 2.05) is 37.3 Å². The summed E-state index contributed by atoms with van der Waals surface area (Å²) in [4.78, 5) is 12.3. The topological polar surface area (TPSA) is 101 Å². The van der Waals surface area contributed by atoms with Crippen molar-refractivity contribution in [2.75, 3.05) is 0 Å². The summed E-state index contributed by atoms with van der Waals surface area (Å²) in [6, 6.07) is 9.00. The lowest BCUT2D eigenvalue weighted by Crippen LogP contribution is -2.47. The molecule has 1 aromatic heterocycles.